The van der Waals surface area contributed by atoms with E-state index in [0.717, 1.165) is 17.0 Å². The van der Waals surface area contributed by atoms with Crippen LogP contribution in [0.2, 0.25) is 5.02 Å². The number of hydrogen-bond donors (Lipinski definition) is 3. The zero-order valence-corrected chi connectivity index (χ0v) is 16.2. The number of aromatic carboxylic acids is 1. The van der Waals surface area contributed by atoms with Gasteiger partial charge in [-0.3, -0.25) is 19.3 Å². The summed E-state index contributed by atoms with van der Waals surface area (Å²) in [5.74, 6) is -3.15. The third kappa shape index (κ3) is 4.58. The lowest BCUT2D eigenvalue weighted by atomic mass is 10.2. The predicted molar refractivity (Wildman–Crippen MR) is 108 cm³/mol. The first-order valence-electron chi connectivity index (χ1n) is 8.12. The molecule has 0 unspecified atom stereocenters. The largest absolute Gasteiger partial charge is 0.507 e. The molecule has 0 bridgehead atoms. The lowest BCUT2D eigenvalue weighted by molar-refractivity contribution is -0.127. The van der Waals surface area contributed by atoms with Crippen LogP contribution < -0.4 is 5.32 Å². The number of carboxylic acids is 1. The van der Waals surface area contributed by atoms with E-state index in [0.29, 0.717) is 22.3 Å². The van der Waals surface area contributed by atoms with Crippen LogP contribution in [0.15, 0.2) is 47.4 Å². The summed E-state index contributed by atoms with van der Waals surface area (Å²) in [7, 11) is 0. The van der Waals surface area contributed by atoms with Crippen LogP contribution in [0.4, 0.5) is 10.5 Å². The zero-order valence-electron chi connectivity index (χ0n) is 14.6. The molecule has 0 aliphatic carbocycles. The predicted octanol–water partition coefficient (Wildman–Crippen LogP) is 3.42. The van der Waals surface area contributed by atoms with Crippen molar-refractivity contribution in [2.75, 3.05) is 11.9 Å². The van der Waals surface area contributed by atoms with E-state index in [4.69, 9.17) is 16.7 Å². The van der Waals surface area contributed by atoms with Gasteiger partial charge in [-0.15, -0.1) is 0 Å². The first kappa shape index (κ1) is 20.4. The van der Waals surface area contributed by atoms with Gasteiger partial charge in [0.1, 0.15) is 17.9 Å². The Morgan fingerprint density at radius 2 is 1.90 bits per heavy atom. The number of nitrogens with one attached hydrogen (secondary N) is 1. The number of rotatable bonds is 5. The number of imide groups is 1. The Kier molecular flexibility index (Phi) is 5.90. The van der Waals surface area contributed by atoms with Crippen LogP contribution in [0.3, 0.4) is 0 Å². The minimum absolute atomic E-state index is 0.101. The van der Waals surface area contributed by atoms with E-state index >= 15 is 0 Å². The van der Waals surface area contributed by atoms with E-state index in [1.54, 1.807) is 24.3 Å². The minimum Gasteiger partial charge on any atom is -0.507 e. The van der Waals surface area contributed by atoms with Gasteiger partial charge in [-0.25, -0.2) is 4.79 Å². The second-order valence-corrected chi connectivity index (χ2v) is 7.28. The molecule has 8 nitrogen and oxygen atoms in total. The van der Waals surface area contributed by atoms with Crippen molar-refractivity contribution >= 4 is 58.1 Å². The average molecular weight is 433 g/mol. The summed E-state index contributed by atoms with van der Waals surface area (Å²) >= 11 is 6.75. The summed E-state index contributed by atoms with van der Waals surface area (Å²) in [6.45, 7) is -0.548. The molecule has 0 saturated carbocycles. The summed E-state index contributed by atoms with van der Waals surface area (Å²) in [5, 5.41) is 20.7. The third-order valence-corrected chi connectivity index (χ3v) is 5.13. The maximum absolute atomic E-state index is 12.5. The molecule has 2 aromatic rings. The van der Waals surface area contributed by atoms with Crippen LogP contribution in [0.25, 0.3) is 6.08 Å². The quantitative estimate of drug-likeness (QED) is 0.488. The van der Waals surface area contributed by atoms with Gasteiger partial charge in [0, 0.05) is 10.7 Å². The second kappa shape index (κ2) is 8.38. The molecule has 1 aliphatic heterocycles. The first-order chi connectivity index (χ1) is 13.8. The van der Waals surface area contributed by atoms with Crippen LogP contribution in [-0.2, 0) is 9.59 Å². The highest BCUT2D eigenvalue weighted by Crippen LogP contribution is 2.33. The monoisotopic (exact) mass is 432 g/mol. The third-order valence-electron chi connectivity index (χ3n) is 3.88. The number of nitrogens with zero attached hydrogens (tertiary/aromatic N) is 1. The first-order valence-corrected chi connectivity index (χ1v) is 9.32. The fraction of sp³-hybridized carbons (Fsp3) is 0.0526. The highest BCUT2D eigenvalue weighted by atomic mass is 35.5. The number of halogens is 1. The normalized spacial score (nSPS) is 15.1. The Hall–Kier alpha value is -3.30. The Balaban J connectivity index is 1.72. The van der Waals surface area contributed by atoms with Gasteiger partial charge in [0.25, 0.3) is 11.1 Å². The fourth-order valence-corrected chi connectivity index (χ4v) is 3.52. The fourth-order valence-electron chi connectivity index (χ4n) is 2.50. The number of phenols is 1. The van der Waals surface area contributed by atoms with E-state index in [9.17, 15) is 24.3 Å². The van der Waals surface area contributed by atoms with Gasteiger partial charge in [-0.1, -0.05) is 29.8 Å². The molecule has 3 N–H and O–H groups in total. The van der Waals surface area contributed by atoms with Crippen molar-refractivity contribution in [1.29, 1.82) is 0 Å². The number of carbonyl (C=O) groups excluding carboxylic acids is 3. The Bertz CT molecular complexity index is 1070. The lowest BCUT2D eigenvalue weighted by Crippen LogP contribution is -2.36. The molecule has 3 rings (SSSR count). The molecular weight excluding hydrogens is 420 g/mol. The molecule has 3 amide bonds. The van der Waals surface area contributed by atoms with Crippen molar-refractivity contribution in [2.24, 2.45) is 0 Å². The number of carboxylic acid groups (broad SMARTS) is 1. The number of anilines is 1. The van der Waals surface area contributed by atoms with Crippen LogP contribution >= 0.6 is 23.4 Å². The molecule has 1 heterocycles. The minimum atomic E-state index is -1.37. The zero-order chi connectivity index (χ0) is 21.1. The van der Waals surface area contributed by atoms with E-state index < -0.39 is 40.9 Å². The van der Waals surface area contributed by atoms with E-state index in [-0.39, 0.29) is 10.6 Å². The second-order valence-electron chi connectivity index (χ2n) is 5.87. The molecule has 2 aromatic carbocycles. The maximum atomic E-state index is 12.5. The molecule has 0 spiro atoms. The highest BCUT2D eigenvalue weighted by molar-refractivity contribution is 8.18. The number of amides is 3. The van der Waals surface area contributed by atoms with Crippen molar-refractivity contribution in [2.45, 2.75) is 0 Å². The highest BCUT2D eigenvalue weighted by Gasteiger charge is 2.36. The van der Waals surface area contributed by atoms with Crippen molar-refractivity contribution in [3.8, 4) is 5.75 Å². The summed E-state index contributed by atoms with van der Waals surface area (Å²) in [5.41, 5.74) is 0.273. The number of hydrogen-bond acceptors (Lipinski definition) is 6. The number of thioether (sulfide) groups is 1. The molecule has 29 heavy (non-hydrogen) atoms. The Labute approximate surface area is 173 Å². The maximum Gasteiger partial charge on any atom is 0.339 e. The van der Waals surface area contributed by atoms with E-state index in [1.807, 2.05) is 0 Å². The van der Waals surface area contributed by atoms with E-state index in [2.05, 4.69) is 5.32 Å². The molecule has 148 valence electrons. The average Bonchev–Trinajstić information content (AvgIpc) is 2.92. The molecule has 10 heteroatoms. The summed E-state index contributed by atoms with van der Waals surface area (Å²) in [4.78, 5) is 48.8. The number of aromatic hydroxyl groups is 1. The lowest BCUT2D eigenvalue weighted by Gasteiger charge is -2.13. The van der Waals surface area contributed by atoms with Crippen LogP contribution in [0.1, 0.15) is 15.9 Å². The van der Waals surface area contributed by atoms with Gasteiger partial charge in [-0.05, 0) is 47.7 Å². The summed E-state index contributed by atoms with van der Waals surface area (Å²) in [6.07, 6.45) is 1.48. The van der Waals surface area contributed by atoms with Crippen molar-refractivity contribution in [3.63, 3.8) is 0 Å². The topological polar surface area (TPSA) is 124 Å². The van der Waals surface area contributed by atoms with Gasteiger partial charge in [-0.2, -0.15) is 0 Å². The molecule has 1 saturated heterocycles. The Morgan fingerprint density at radius 3 is 2.59 bits per heavy atom. The van der Waals surface area contributed by atoms with Gasteiger partial charge >= 0.3 is 5.97 Å². The summed E-state index contributed by atoms with van der Waals surface area (Å²) < 4.78 is 0. The van der Waals surface area contributed by atoms with Crippen molar-refractivity contribution < 1.29 is 29.4 Å². The van der Waals surface area contributed by atoms with E-state index in [1.165, 1.54) is 12.1 Å². The van der Waals surface area contributed by atoms with Crippen molar-refractivity contribution in [1.82, 2.24) is 4.90 Å². The molecule has 0 aromatic heterocycles. The van der Waals surface area contributed by atoms with Crippen LogP contribution in [-0.4, -0.2) is 44.7 Å². The molecule has 0 radical (unpaired) electrons. The SMILES string of the molecule is O=C(CN1C(=O)S/C(=C/c2ccccc2Cl)C1=O)Nc1ccc(O)c(C(=O)O)c1. The molecule has 1 aliphatic rings. The van der Waals surface area contributed by atoms with Crippen LogP contribution in [0, 0.1) is 0 Å². The van der Waals surface area contributed by atoms with Crippen LogP contribution in [0.5, 0.6) is 5.75 Å². The summed E-state index contributed by atoms with van der Waals surface area (Å²) in [6, 6.07) is 10.3. The Morgan fingerprint density at radius 1 is 1.17 bits per heavy atom. The van der Waals surface area contributed by atoms with Crippen molar-refractivity contribution in [3.05, 3.63) is 63.5 Å². The molecule has 1 fully saturated rings. The van der Waals surface area contributed by atoms with Gasteiger partial charge < -0.3 is 15.5 Å². The smallest absolute Gasteiger partial charge is 0.339 e. The van der Waals surface area contributed by atoms with Gasteiger partial charge in [0.15, 0.2) is 0 Å². The van der Waals surface area contributed by atoms with Gasteiger partial charge in [0.2, 0.25) is 5.91 Å². The molecule has 0 atom stereocenters. The molecular formula is C19H13ClN2O6S. The van der Waals surface area contributed by atoms with Gasteiger partial charge in [0.05, 0.1) is 4.91 Å². The number of benzene rings is 2. The standard InChI is InChI=1S/C19H13ClN2O6S/c20-13-4-2-1-3-10(13)7-15-17(25)22(19(28)29-15)9-16(24)21-11-5-6-14(23)12(8-11)18(26)27/h1-8,23H,9H2,(H,21,24)(H,26,27)/b15-7+. The number of carbonyl (C=O) groups is 4.